The molecule has 3 rings (SSSR count). The largest absolute Gasteiger partial charge is 0.322 e. The fraction of sp³-hybridized carbons (Fsp3) is 0.0625. The third-order valence-electron chi connectivity index (χ3n) is 3.45. The van der Waals surface area contributed by atoms with Gasteiger partial charge in [0, 0.05) is 18.3 Å². The van der Waals surface area contributed by atoms with E-state index in [9.17, 15) is 18.8 Å². The van der Waals surface area contributed by atoms with Crippen molar-refractivity contribution in [2.45, 2.75) is 0 Å². The molecule has 0 aromatic heterocycles. The fourth-order valence-corrected chi connectivity index (χ4v) is 2.24. The van der Waals surface area contributed by atoms with Gasteiger partial charge in [-0.05, 0) is 42.5 Å². The number of fused-ring (bicyclic) bond motifs is 1. The predicted octanol–water partition coefficient (Wildman–Crippen LogP) is 2.30. The normalized spacial score (nSPS) is 13.3. The lowest BCUT2D eigenvalue weighted by atomic mass is 10.1. The first-order valence-corrected chi connectivity index (χ1v) is 6.51. The van der Waals surface area contributed by atoms with Gasteiger partial charge in [-0.3, -0.25) is 19.3 Å². The number of carbonyl (C=O) groups is 3. The first-order chi connectivity index (χ1) is 10.5. The van der Waals surface area contributed by atoms with Gasteiger partial charge >= 0.3 is 0 Å². The van der Waals surface area contributed by atoms with Gasteiger partial charge in [0.25, 0.3) is 17.7 Å². The molecule has 3 amide bonds. The summed E-state index contributed by atoms with van der Waals surface area (Å²) in [5, 5.41) is 2.60. The molecular formula is C16H11FN2O3. The van der Waals surface area contributed by atoms with Crippen LogP contribution in [0.2, 0.25) is 0 Å². The Morgan fingerprint density at radius 2 is 1.64 bits per heavy atom. The van der Waals surface area contributed by atoms with Crippen LogP contribution in [-0.2, 0) is 0 Å². The number of hydrogen-bond acceptors (Lipinski definition) is 3. The zero-order valence-corrected chi connectivity index (χ0v) is 11.6. The number of nitrogens with zero attached hydrogens (tertiary/aromatic N) is 1. The molecule has 0 bridgehead atoms. The highest BCUT2D eigenvalue weighted by Gasteiger charge is 2.33. The lowest BCUT2D eigenvalue weighted by Crippen LogP contribution is -2.24. The summed E-state index contributed by atoms with van der Waals surface area (Å²) in [5.41, 5.74) is 1.18. The van der Waals surface area contributed by atoms with Crippen LogP contribution in [0.5, 0.6) is 0 Å². The van der Waals surface area contributed by atoms with E-state index < -0.39 is 17.6 Å². The van der Waals surface area contributed by atoms with Crippen molar-refractivity contribution in [1.29, 1.82) is 0 Å². The predicted molar refractivity (Wildman–Crippen MR) is 77.2 cm³/mol. The Hall–Kier alpha value is -3.02. The maximum Gasteiger partial charge on any atom is 0.261 e. The van der Waals surface area contributed by atoms with E-state index in [1.165, 1.54) is 49.5 Å². The van der Waals surface area contributed by atoms with E-state index in [4.69, 9.17) is 0 Å². The maximum absolute atomic E-state index is 12.8. The van der Waals surface area contributed by atoms with Gasteiger partial charge in [0.2, 0.25) is 0 Å². The number of nitrogens with one attached hydrogen (secondary N) is 1. The first kappa shape index (κ1) is 13.9. The van der Waals surface area contributed by atoms with Crippen molar-refractivity contribution >= 4 is 23.4 Å². The highest BCUT2D eigenvalue weighted by Crippen LogP contribution is 2.23. The van der Waals surface area contributed by atoms with Crippen LogP contribution in [0.3, 0.4) is 0 Å². The first-order valence-electron chi connectivity index (χ1n) is 6.51. The zero-order valence-electron chi connectivity index (χ0n) is 11.6. The second-order valence-electron chi connectivity index (χ2n) is 4.89. The Kier molecular flexibility index (Phi) is 3.21. The highest BCUT2D eigenvalue weighted by molar-refractivity contribution is 6.22. The summed E-state index contributed by atoms with van der Waals surface area (Å²) in [5.74, 6) is -1.66. The molecule has 0 saturated carbocycles. The number of imide groups is 1. The number of amides is 3. The monoisotopic (exact) mass is 298 g/mol. The van der Waals surface area contributed by atoms with Crippen molar-refractivity contribution in [3.05, 3.63) is 65.0 Å². The molecule has 1 heterocycles. The van der Waals surface area contributed by atoms with Crippen molar-refractivity contribution in [3.8, 4) is 0 Å². The van der Waals surface area contributed by atoms with Gasteiger partial charge < -0.3 is 5.32 Å². The number of anilines is 1. The van der Waals surface area contributed by atoms with Gasteiger partial charge in [-0.1, -0.05) is 0 Å². The van der Waals surface area contributed by atoms with Gasteiger partial charge in [0.1, 0.15) is 5.82 Å². The summed E-state index contributed by atoms with van der Waals surface area (Å²) in [4.78, 5) is 36.8. The summed E-state index contributed by atoms with van der Waals surface area (Å²) in [6.07, 6.45) is 0. The van der Waals surface area contributed by atoms with Crippen molar-refractivity contribution in [2.75, 3.05) is 12.4 Å². The highest BCUT2D eigenvalue weighted by atomic mass is 19.1. The van der Waals surface area contributed by atoms with Gasteiger partial charge in [0.15, 0.2) is 0 Å². The fourth-order valence-electron chi connectivity index (χ4n) is 2.24. The Bertz CT molecular complexity index is 800. The average Bonchev–Trinajstić information content (AvgIpc) is 2.74. The topological polar surface area (TPSA) is 66.5 Å². The number of rotatable bonds is 2. The van der Waals surface area contributed by atoms with E-state index >= 15 is 0 Å². The quantitative estimate of drug-likeness (QED) is 0.865. The molecule has 0 saturated heterocycles. The molecule has 0 fully saturated rings. The second kappa shape index (κ2) is 5.07. The minimum absolute atomic E-state index is 0.208. The standard InChI is InChI=1S/C16H11FN2O3/c1-19-15(21)12-7-2-9(8-13(12)16(19)22)14(20)18-11-5-3-10(17)4-6-11/h2-8H,1H3,(H,18,20). The Morgan fingerprint density at radius 3 is 2.32 bits per heavy atom. The molecule has 0 atom stereocenters. The van der Waals surface area contributed by atoms with Crippen LogP contribution in [0.1, 0.15) is 31.1 Å². The molecule has 1 aliphatic heterocycles. The van der Waals surface area contributed by atoms with Gasteiger partial charge in [-0.25, -0.2) is 4.39 Å². The van der Waals surface area contributed by atoms with Crippen LogP contribution in [0, 0.1) is 5.82 Å². The van der Waals surface area contributed by atoms with Crippen LogP contribution in [0.4, 0.5) is 10.1 Å². The molecule has 22 heavy (non-hydrogen) atoms. The van der Waals surface area contributed by atoms with Crippen molar-refractivity contribution in [2.24, 2.45) is 0 Å². The van der Waals surface area contributed by atoms with E-state index in [0.29, 0.717) is 5.69 Å². The molecule has 5 nitrogen and oxygen atoms in total. The minimum Gasteiger partial charge on any atom is -0.322 e. The van der Waals surface area contributed by atoms with Crippen LogP contribution in [0.15, 0.2) is 42.5 Å². The molecule has 1 N–H and O–H groups in total. The van der Waals surface area contributed by atoms with Crippen molar-refractivity contribution in [3.63, 3.8) is 0 Å². The molecule has 6 heteroatoms. The molecule has 110 valence electrons. The molecule has 0 aliphatic carbocycles. The smallest absolute Gasteiger partial charge is 0.261 e. The molecule has 0 radical (unpaired) electrons. The van der Waals surface area contributed by atoms with Gasteiger partial charge in [-0.2, -0.15) is 0 Å². The number of benzene rings is 2. The molecule has 1 aliphatic rings. The van der Waals surface area contributed by atoms with Crippen molar-refractivity contribution in [1.82, 2.24) is 4.90 Å². The van der Waals surface area contributed by atoms with E-state index in [-0.39, 0.29) is 22.6 Å². The molecular weight excluding hydrogens is 287 g/mol. The summed E-state index contributed by atoms with van der Waals surface area (Å²) in [7, 11) is 1.39. The Morgan fingerprint density at radius 1 is 1.00 bits per heavy atom. The third-order valence-corrected chi connectivity index (χ3v) is 3.45. The molecule has 2 aromatic carbocycles. The Labute approximate surface area is 125 Å². The van der Waals surface area contributed by atoms with Crippen LogP contribution in [0.25, 0.3) is 0 Å². The summed E-state index contributed by atoms with van der Waals surface area (Å²) < 4.78 is 12.8. The lowest BCUT2D eigenvalue weighted by molar-refractivity contribution is 0.0693. The summed E-state index contributed by atoms with van der Waals surface area (Å²) >= 11 is 0. The number of halogens is 1. The van der Waals surface area contributed by atoms with Crippen LogP contribution in [-0.4, -0.2) is 29.7 Å². The summed E-state index contributed by atoms with van der Waals surface area (Å²) in [6.45, 7) is 0. The van der Waals surface area contributed by atoms with Gasteiger partial charge in [0.05, 0.1) is 11.1 Å². The van der Waals surface area contributed by atoms with Crippen LogP contribution >= 0.6 is 0 Å². The Balaban J connectivity index is 1.87. The SMILES string of the molecule is CN1C(=O)c2ccc(C(=O)Nc3ccc(F)cc3)cc2C1=O. The number of hydrogen-bond donors (Lipinski definition) is 1. The van der Waals surface area contributed by atoms with Crippen LogP contribution < -0.4 is 5.32 Å². The number of carbonyl (C=O) groups excluding carboxylic acids is 3. The van der Waals surface area contributed by atoms with E-state index in [1.807, 2.05) is 0 Å². The van der Waals surface area contributed by atoms with E-state index in [1.54, 1.807) is 0 Å². The second-order valence-corrected chi connectivity index (χ2v) is 4.89. The molecule has 0 unspecified atom stereocenters. The van der Waals surface area contributed by atoms with E-state index in [0.717, 1.165) is 4.90 Å². The zero-order chi connectivity index (χ0) is 15.9. The molecule has 0 spiro atoms. The minimum atomic E-state index is -0.441. The summed E-state index contributed by atoms with van der Waals surface area (Å²) in [6, 6.07) is 9.65. The van der Waals surface area contributed by atoms with E-state index in [2.05, 4.69) is 5.32 Å². The molecule has 2 aromatic rings. The van der Waals surface area contributed by atoms with Crippen molar-refractivity contribution < 1.29 is 18.8 Å². The lowest BCUT2D eigenvalue weighted by Gasteiger charge is -2.06. The third kappa shape index (κ3) is 2.24. The average molecular weight is 298 g/mol. The van der Waals surface area contributed by atoms with Gasteiger partial charge in [-0.15, -0.1) is 0 Å². The maximum atomic E-state index is 12.8.